The second-order valence-corrected chi connectivity index (χ2v) is 4.72. The third-order valence-electron chi connectivity index (χ3n) is 3.05. The van der Waals surface area contributed by atoms with E-state index in [1.54, 1.807) is 0 Å². The van der Waals surface area contributed by atoms with Crippen molar-refractivity contribution in [1.82, 2.24) is 0 Å². The molecule has 2 rings (SSSR count). The molecule has 2 nitrogen and oxygen atoms in total. The van der Waals surface area contributed by atoms with Gasteiger partial charge in [-0.05, 0) is 42.7 Å². The second-order valence-electron chi connectivity index (χ2n) is 4.72. The van der Waals surface area contributed by atoms with E-state index in [1.807, 2.05) is 30.3 Å². The summed E-state index contributed by atoms with van der Waals surface area (Å²) in [5.74, 6) is 6.86. The van der Waals surface area contributed by atoms with Gasteiger partial charge in [0.2, 0.25) is 0 Å². The molecular weight excluding hydrogens is 246 g/mol. The summed E-state index contributed by atoms with van der Waals surface area (Å²) in [4.78, 5) is 0. The Kier molecular flexibility index (Phi) is 4.81. The molecule has 0 atom stereocenters. The first-order chi connectivity index (χ1) is 9.70. The highest BCUT2D eigenvalue weighted by Gasteiger charge is 2.03. The number of hydrogen-bond acceptors (Lipinski definition) is 2. The van der Waals surface area contributed by atoms with Crippen LogP contribution in [0.3, 0.4) is 0 Å². The predicted octanol–water partition coefficient (Wildman–Crippen LogP) is 3.19. The SMILES string of the molecule is Cc1cccc(C)c1OCc1cccc(C#CCN)c1. The zero-order valence-electron chi connectivity index (χ0n) is 11.9. The number of benzene rings is 2. The Balaban J connectivity index is 2.11. The van der Waals surface area contributed by atoms with Gasteiger partial charge in [-0.25, -0.2) is 0 Å². The molecule has 2 aromatic rings. The minimum Gasteiger partial charge on any atom is -0.488 e. The quantitative estimate of drug-likeness (QED) is 0.865. The lowest BCUT2D eigenvalue weighted by Gasteiger charge is -2.12. The second kappa shape index (κ2) is 6.79. The molecule has 0 saturated carbocycles. The van der Waals surface area contributed by atoms with Gasteiger partial charge in [0.05, 0.1) is 6.54 Å². The summed E-state index contributed by atoms with van der Waals surface area (Å²) in [5.41, 5.74) is 9.78. The van der Waals surface area contributed by atoms with Crippen molar-refractivity contribution in [3.05, 3.63) is 64.7 Å². The average molecular weight is 265 g/mol. The van der Waals surface area contributed by atoms with E-state index >= 15 is 0 Å². The third kappa shape index (κ3) is 3.63. The van der Waals surface area contributed by atoms with E-state index in [0.717, 1.165) is 28.0 Å². The summed E-state index contributed by atoms with van der Waals surface area (Å²) in [6.07, 6.45) is 0. The zero-order valence-corrected chi connectivity index (χ0v) is 11.9. The molecule has 0 fully saturated rings. The molecular formula is C18H19NO. The van der Waals surface area contributed by atoms with Crippen molar-refractivity contribution in [2.24, 2.45) is 5.73 Å². The lowest BCUT2D eigenvalue weighted by atomic mass is 10.1. The van der Waals surface area contributed by atoms with Gasteiger partial charge < -0.3 is 10.5 Å². The van der Waals surface area contributed by atoms with Crippen LogP contribution in [0.5, 0.6) is 5.75 Å². The largest absolute Gasteiger partial charge is 0.488 e. The van der Waals surface area contributed by atoms with Gasteiger partial charge in [0.25, 0.3) is 0 Å². The van der Waals surface area contributed by atoms with Crippen molar-refractivity contribution < 1.29 is 4.74 Å². The fourth-order valence-corrected chi connectivity index (χ4v) is 2.07. The molecule has 0 aliphatic heterocycles. The fourth-order valence-electron chi connectivity index (χ4n) is 2.07. The molecule has 0 bridgehead atoms. The Morgan fingerprint density at radius 2 is 1.75 bits per heavy atom. The van der Waals surface area contributed by atoms with Gasteiger partial charge in [-0.3, -0.25) is 0 Å². The Labute approximate surface area is 120 Å². The van der Waals surface area contributed by atoms with E-state index < -0.39 is 0 Å². The maximum atomic E-state index is 5.94. The maximum absolute atomic E-state index is 5.94. The summed E-state index contributed by atoms with van der Waals surface area (Å²) in [7, 11) is 0. The zero-order chi connectivity index (χ0) is 14.4. The number of nitrogens with two attached hydrogens (primary N) is 1. The molecule has 0 saturated heterocycles. The predicted molar refractivity (Wildman–Crippen MR) is 82.6 cm³/mol. The fraction of sp³-hybridized carbons (Fsp3) is 0.222. The van der Waals surface area contributed by atoms with Gasteiger partial charge in [-0.1, -0.05) is 42.2 Å². The molecule has 20 heavy (non-hydrogen) atoms. The normalized spacial score (nSPS) is 9.75. The highest BCUT2D eigenvalue weighted by atomic mass is 16.5. The first-order valence-electron chi connectivity index (χ1n) is 6.67. The standard InChI is InChI=1S/C18H19NO/c1-14-6-3-7-15(2)18(14)20-13-17-9-4-8-16(12-17)10-5-11-19/h3-4,6-9,12H,11,13,19H2,1-2H3. The van der Waals surface area contributed by atoms with Crippen LogP contribution < -0.4 is 10.5 Å². The molecule has 0 aliphatic rings. The molecule has 0 spiro atoms. The molecule has 0 aromatic heterocycles. The molecule has 0 radical (unpaired) electrons. The van der Waals surface area contributed by atoms with Crippen molar-refractivity contribution in [3.63, 3.8) is 0 Å². The molecule has 0 aliphatic carbocycles. The van der Waals surface area contributed by atoms with E-state index in [2.05, 4.69) is 37.8 Å². The third-order valence-corrected chi connectivity index (χ3v) is 3.05. The van der Waals surface area contributed by atoms with Crippen molar-refractivity contribution in [2.45, 2.75) is 20.5 Å². The summed E-state index contributed by atoms with van der Waals surface area (Å²) >= 11 is 0. The van der Waals surface area contributed by atoms with E-state index in [-0.39, 0.29) is 0 Å². The lowest BCUT2D eigenvalue weighted by Crippen LogP contribution is -1.99. The number of para-hydroxylation sites is 1. The number of hydrogen-bond donors (Lipinski definition) is 1. The van der Waals surface area contributed by atoms with Crippen LogP contribution in [0.25, 0.3) is 0 Å². The Hall–Kier alpha value is -2.24. The summed E-state index contributed by atoms with van der Waals surface area (Å²) < 4.78 is 5.94. The molecule has 0 amide bonds. The van der Waals surface area contributed by atoms with Crippen LogP contribution in [0.2, 0.25) is 0 Å². The van der Waals surface area contributed by atoms with Crippen LogP contribution in [-0.4, -0.2) is 6.54 Å². The first-order valence-corrected chi connectivity index (χ1v) is 6.67. The number of aryl methyl sites for hydroxylation is 2. The number of rotatable bonds is 3. The molecule has 2 N–H and O–H groups in total. The molecule has 2 aromatic carbocycles. The smallest absolute Gasteiger partial charge is 0.125 e. The topological polar surface area (TPSA) is 35.2 Å². The molecule has 0 heterocycles. The van der Waals surface area contributed by atoms with Gasteiger partial charge in [-0.15, -0.1) is 0 Å². The maximum Gasteiger partial charge on any atom is 0.125 e. The van der Waals surface area contributed by atoms with Crippen molar-refractivity contribution in [3.8, 4) is 17.6 Å². The van der Waals surface area contributed by atoms with Crippen molar-refractivity contribution in [1.29, 1.82) is 0 Å². The molecule has 0 unspecified atom stereocenters. The monoisotopic (exact) mass is 265 g/mol. The highest BCUT2D eigenvalue weighted by molar-refractivity contribution is 5.40. The van der Waals surface area contributed by atoms with Gasteiger partial charge in [-0.2, -0.15) is 0 Å². The average Bonchev–Trinajstić information content (AvgIpc) is 2.45. The minimum atomic E-state index is 0.378. The summed E-state index contributed by atoms with van der Waals surface area (Å²) in [6, 6.07) is 14.2. The molecule has 2 heteroatoms. The van der Waals surface area contributed by atoms with Crippen molar-refractivity contribution >= 4 is 0 Å². The first kappa shape index (κ1) is 14.2. The van der Waals surface area contributed by atoms with Gasteiger partial charge in [0, 0.05) is 5.56 Å². The van der Waals surface area contributed by atoms with E-state index in [4.69, 9.17) is 10.5 Å². The van der Waals surface area contributed by atoms with Crippen LogP contribution in [-0.2, 0) is 6.61 Å². The van der Waals surface area contributed by atoms with Gasteiger partial charge in [0.1, 0.15) is 12.4 Å². The number of ether oxygens (including phenoxy) is 1. The Morgan fingerprint density at radius 1 is 1.05 bits per heavy atom. The summed E-state index contributed by atoms with van der Waals surface area (Å²) in [5, 5.41) is 0. The highest BCUT2D eigenvalue weighted by Crippen LogP contribution is 2.23. The molecule has 102 valence electrons. The minimum absolute atomic E-state index is 0.378. The van der Waals surface area contributed by atoms with Crippen LogP contribution >= 0.6 is 0 Å². The van der Waals surface area contributed by atoms with Gasteiger partial charge in [0.15, 0.2) is 0 Å². The lowest BCUT2D eigenvalue weighted by molar-refractivity contribution is 0.302. The van der Waals surface area contributed by atoms with Crippen LogP contribution in [0, 0.1) is 25.7 Å². The van der Waals surface area contributed by atoms with E-state index in [9.17, 15) is 0 Å². The Bertz CT molecular complexity index is 630. The Morgan fingerprint density at radius 3 is 2.45 bits per heavy atom. The van der Waals surface area contributed by atoms with Gasteiger partial charge >= 0.3 is 0 Å². The van der Waals surface area contributed by atoms with E-state index in [1.165, 1.54) is 0 Å². The van der Waals surface area contributed by atoms with Crippen LogP contribution in [0.1, 0.15) is 22.3 Å². The summed E-state index contributed by atoms with van der Waals surface area (Å²) in [6.45, 7) is 5.05. The van der Waals surface area contributed by atoms with Crippen molar-refractivity contribution in [2.75, 3.05) is 6.54 Å². The van der Waals surface area contributed by atoms with E-state index in [0.29, 0.717) is 13.2 Å². The van der Waals surface area contributed by atoms with Crippen LogP contribution in [0.4, 0.5) is 0 Å². The van der Waals surface area contributed by atoms with Crippen LogP contribution in [0.15, 0.2) is 42.5 Å².